The molecule has 0 aliphatic carbocycles. The Morgan fingerprint density at radius 3 is 2.40 bits per heavy atom. The molecule has 0 unspecified atom stereocenters. The van der Waals surface area contributed by atoms with Gasteiger partial charge in [0.05, 0.1) is 11.2 Å². The highest BCUT2D eigenvalue weighted by Gasteiger charge is 2.46. The zero-order valence-corrected chi connectivity index (χ0v) is 15.3. The summed E-state index contributed by atoms with van der Waals surface area (Å²) < 4.78 is 24.2. The summed E-state index contributed by atoms with van der Waals surface area (Å²) in [5.74, 6) is 0. The van der Waals surface area contributed by atoms with Gasteiger partial charge < -0.3 is 9.88 Å². The van der Waals surface area contributed by atoms with E-state index < -0.39 is 10.2 Å². The molecule has 0 radical (unpaired) electrons. The molecule has 4 rings (SSSR count). The van der Waals surface area contributed by atoms with Gasteiger partial charge >= 0.3 is 0 Å². The summed E-state index contributed by atoms with van der Waals surface area (Å²) in [6, 6.07) is 9.43. The Bertz CT molecular complexity index is 943. The molecule has 0 bridgehead atoms. The summed E-state index contributed by atoms with van der Waals surface area (Å²) in [5, 5.41) is 6.24. The lowest BCUT2D eigenvalue weighted by atomic mass is 9.72. The number of nitrogens with zero attached hydrogens (tertiary/aromatic N) is 2. The van der Waals surface area contributed by atoms with Crippen LogP contribution in [0.4, 0.5) is 5.69 Å². The minimum atomic E-state index is -3.59. The topological polar surface area (TPSA) is 99.5 Å². The number of H-pyrrole nitrogens is 1. The smallest absolute Gasteiger partial charge is 0.276 e. The van der Waals surface area contributed by atoms with Crippen LogP contribution >= 0.6 is 12.4 Å². The van der Waals surface area contributed by atoms with E-state index in [4.69, 9.17) is 5.14 Å². The number of piperidine rings is 1. The second-order valence-electron chi connectivity index (χ2n) is 6.86. The first-order valence-corrected chi connectivity index (χ1v) is 9.52. The van der Waals surface area contributed by atoms with Crippen molar-refractivity contribution in [2.45, 2.75) is 12.8 Å². The Hall–Kier alpha value is -1.61. The fraction of sp³-hybridized carbons (Fsp3) is 0.438. The molecule has 1 aromatic heterocycles. The molecule has 9 heteroatoms. The van der Waals surface area contributed by atoms with Crippen molar-refractivity contribution in [3.05, 3.63) is 40.7 Å². The van der Waals surface area contributed by atoms with Crippen molar-refractivity contribution in [2.75, 3.05) is 31.1 Å². The highest BCUT2D eigenvalue weighted by Crippen LogP contribution is 2.43. The van der Waals surface area contributed by atoms with Crippen LogP contribution in [0.5, 0.6) is 0 Å². The maximum absolute atomic E-state index is 11.9. The van der Waals surface area contributed by atoms with Crippen LogP contribution in [-0.4, -0.2) is 43.9 Å². The number of rotatable bonds is 2. The van der Waals surface area contributed by atoms with E-state index in [1.807, 2.05) is 24.3 Å². The van der Waals surface area contributed by atoms with Gasteiger partial charge in [0, 0.05) is 43.0 Å². The van der Waals surface area contributed by atoms with Crippen LogP contribution in [0.15, 0.2) is 35.1 Å². The van der Waals surface area contributed by atoms with Crippen LogP contribution in [-0.2, 0) is 10.2 Å². The van der Waals surface area contributed by atoms with Gasteiger partial charge in [0.15, 0.2) is 0 Å². The summed E-state index contributed by atoms with van der Waals surface area (Å²) in [6.45, 7) is 2.64. The molecule has 0 atom stereocenters. The zero-order valence-electron chi connectivity index (χ0n) is 13.6. The number of anilines is 1. The van der Waals surface area contributed by atoms with Crippen molar-refractivity contribution in [1.29, 1.82) is 0 Å². The number of pyridine rings is 1. The molecule has 2 aliphatic heterocycles. The zero-order chi connectivity index (χ0) is 16.9. The number of hydrogen-bond donors (Lipinski definition) is 2. The van der Waals surface area contributed by atoms with Crippen molar-refractivity contribution < 1.29 is 8.42 Å². The lowest BCUT2D eigenvalue weighted by Crippen LogP contribution is -2.61. The second kappa shape index (κ2) is 6.28. The number of benzene rings is 1. The van der Waals surface area contributed by atoms with E-state index in [-0.39, 0.29) is 23.4 Å². The third-order valence-electron chi connectivity index (χ3n) is 5.26. The minimum absolute atomic E-state index is 0. The quantitative estimate of drug-likeness (QED) is 0.808. The van der Waals surface area contributed by atoms with Crippen molar-refractivity contribution in [3.8, 4) is 0 Å². The summed E-state index contributed by atoms with van der Waals surface area (Å²) in [5.41, 5.74) is 1.82. The summed E-state index contributed by atoms with van der Waals surface area (Å²) in [6.07, 6.45) is 1.61. The molecule has 3 heterocycles. The van der Waals surface area contributed by atoms with Crippen molar-refractivity contribution in [3.63, 3.8) is 0 Å². The van der Waals surface area contributed by atoms with Gasteiger partial charge in [-0.2, -0.15) is 12.7 Å². The van der Waals surface area contributed by atoms with Gasteiger partial charge in [-0.3, -0.25) is 4.79 Å². The van der Waals surface area contributed by atoms with Crippen molar-refractivity contribution in [1.82, 2.24) is 9.29 Å². The van der Waals surface area contributed by atoms with Crippen molar-refractivity contribution in [2.24, 2.45) is 10.6 Å². The Morgan fingerprint density at radius 1 is 1.12 bits per heavy atom. The average Bonchev–Trinajstić information content (AvgIpc) is 2.51. The van der Waals surface area contributed by atoms with Gasteiger partial charge in [-0.25, -0.2) is 5.14 Å². The molecule has 2 saturated heterocycles. The molecule has 25 heavy (non-hydrogen) atoms. The van der Waals surface area contributed by atoms with E-state index in [0.29, 0.717) is 13.1 Å². The SMILES string of the molecule is Cl.NS(=O)(=O)N1CCC2(CC1)CN(c1cc(=O)[nH]c3ccccc13)C2. The van der Waals surface area contributed by atoms with E-state index in [1.54, 1.807) is 6.07 Å². The Balaban J connectivity index is 0.00000182. The number of nitrogens with two attached hydrogens (primary N) is 1. The third kappa shape index (κ3) is 3.27. The first-order chi connectivity index (χ1) is 11.4. The number of para-hydroxylation sites is 1. The molecule has 1 spiro atoms. The predicted molar refractivity (Wildman–Crippen MR) is 100 cm³/mol. The molecular weight excluding hydrogens is 364 g/mol. The fourth-order valence-corrected chi connectivity index (χ4v) is 4.60. The minimum Gasteiger partial charge on any atom is -0.370 e. The average molecular weight is 385 g/mol. The van der Waals surface area contributed by atoms with E-state index in [1.165, 1.54) is 4.31 Å². The highest BCUT2D eigenvalue weighted by molar-refractivity contribution is 7.86. The van der Waals surface area contributed by atoms with Crippen LogP contribution in [0.25, 0.3) is 10.9 Å². The predicted octanol–water partition coefficient (Wildman–Crippen LogP) is 1.06. The van der Waals surface area contributed by atoms with E-state index in [0.717, 1.165) is 42.5 Å². The number of nitrogens with one attached hydrogen (secondary N) is 1. The first kappa shape index (κ1) is 18.2. The summed E-state index contributed by atoms with van der Waals surface area (Å²) in [4.78, 5) is 17.0. The van der Waals surface area contributed by atoms with Crippen LogP contribution in [0, 0.1) is 5.41 Å². The highest BCUT2D eigenvalue weighted by atomic mass is 35.5. The standard InChI is InChI=1S/C16H20N4O3S.ClH/c17-24(22,23)20-7-5-16(6-8-20)10-19(11-16)14-9-15(21)18-13-4-2-1-3-12(13)14;/h1-4,9H,5-8,10-11H2,(H,18,21)(H2,17,22,23);1H. The fourth-order valence-electron chi connectivity index (χ4n) is 3.91. The molecule has 2 aliphatic rings. The van der Waals surface area contributed by atoms with Gasteiger partial charge in [-0.1, -0.05) is 18.2 Å². The van der Waals surface area contributed by atoms with E-state index in [2.05, 4.69) is 9.88 Å². The molecule has 2 aromatic rings. The third-order valence-corrected chi connectivity index (χ3v) is 6.35. The second-order valence-corrected chi connectivity index (χ2v) is 8.41. The lowest BCUT2D eigenvalue weighted by molar-refractivity contribution is 0.115. The van der Waals surface area contributed by atoms with Gasteiger partial charge in [-0.15, -0.1) is 12.4 Å². The maximum atomic E-state index is 11.9. The molecular formula is C16H21ClN4O3S. The van der Waals surface area contributed by atoms with Crippen LogP contribution < -0.4 is 15.6 Å². The van der Waals surface area contributed by atoms with Crippen LogP contribution in [0.3, 0.4) is 0 Å². The lowest BCUT2D eigenvalue weighted by Gasteiger charge is -2.54. The van der Waals surface area contributed by atoms with Gasteiger partial charge in [-0.05, 0) is 18.9 Å². The molecule has 7 nitrogen and oxygen atoms in total. The Morgan fingerprint density at radius 2 is 1.76 bits per heavy atom. The molecule has 1 aromatic carbocycles. The molecule has 2 fully saturated rings. The van der Waals surface area contributed by atoms with Gasteiger partial charge in [0.2, 0.25) is 5.56 Å². The summed E-state index contributed by atoms with van der Waals surface area (Å²) in [7, 11) is -3.59. The number of fused-ring (bicyclic) bond motifs is 1. The number of aromatic nitrogens is 1. The molecule has 0 amide bonds. The van der Waals surface area contributed by atoms with E-state index >= 15 is 0 Å². The number of aromatic amines is 1. The van der Waals surface area contributed by atoms with Gasteiger partial charge in [0.25, 0.3) is 10.2 Å². The van der Waals surface area contributed by atoms with Crippen LogP contribution in [0.2, 0.25) is 0 Å². The van der Waals surface area contributed by atoms with Crippen molar-refractivity contribution >= 4 is 39.2 Å². The Labute approximate surface area is 152 Å². The molecule has 0 saturated carbocycles. The molecule has 136 valence electrons. The summed E-state index contributed by atoms with van der Waals surface area (Å²) >= 11 is 0. The number of hydrogen-bond acceptors (Lipinski definition) is 4. The maximum Gasteiger partial charge on any atom is 0.276 e. The van der Waals surface area contributed by atoms with E-state index in [9.17, 15) is 13.2 Å². The monoisotopic (exact) mass is 384 g/mol. The van der Waals surface area contributed by atoms with Crippen LogP contribution in [0.1, 0.15) is 12.8 Å². The molecule has 3 N–H and O–H groups in total. The number of halogens is 1. The Kier molecular flexibility index (Phi) is 4.57. The largest absolute Gasteiger partial charge is 0.370 e. The first-order valence-electron chi connectivity index (χ1n) is 8.01. The van der Waals surface area contributed by atoms with Gasteiger partial charge in [0.1, 0.15) is 0 Å². The normalized spacial score (nSPS) is 20.3.